The molecular formula is C26H32N2O3. The maximum absolute atomic E-state index is 11.0. The summed E-state index contributed by atoms with van der Waals surface area (Å²) < 4.78 is 11.6. The number of methoxy groups -OCH3 is 1. The second-order valence-corrected chi connectivity index (χ2v) is 8.87. The smallest absolute Gasteiger partial charge is 0.126 e. The van der Waals surface area contributed by atoms with Gasteiger partial charge < -0.3 is 19.5 Å². The molecule has 5 nitrogen and oxygen atoms in total. The number of hydrogen-bond acceptors (Lipinski definition) is 5. The standard InChI is InChI=1S/C26H32N2O3/c1-26(29,18-27(2)3)21-10-12-24-20(15-21)17-28(13-14-31-24)16-19-9-11-25(30-4)23-8-6-5-7-22(19)23/h5-12,15,29H,13-14,16-18H2,1-4H3/t26-/m0/s1. The van der Waals surface area contributed by atoms with Crippen molar-refractivity contribution in [3.8, 4) is 11.5 Å². The van der Waals surface area contributed by atoms with Crippen molar-refractivity contribution in [3.05, 3.63) is 71.3 Å². The van der Waals surface area contributed by atoms with Crippen LogP contribution in [0.1, 0.15) is 23.6 Å². The minimum atomic E-state index is -0.915. The molecule has 31 heavy (non-hydrogen) atoms. The minimum absolute atomic E-state index is 0.564. The van der Waals surface area contributed by atoms with E-state index >= 15 is 0 Å². The van der Waals surface area contributed by atoms with Crippen molar-refractivity contribution >= 4 is 10.8 Å². The molecule has 0 amide bonds. The largest absolute Gasteiger partial charge is 0.496 e. The molecule has 0 aromatic heterocycles. The molecule has 1 aliphatic rings. The van der Waals surface area contributed by atoms with Crippen LogP contribution in [0.3, 0.4) is 0 Å². The highest BCUT2D eigenvalue weighted by Gasteiger charge is 2.26. The summed E-state index contributed by atoms with van der Waals surface area (Å²) in [5, 5.41) is 13.3. The molecule has 0 unspecified atom stereocenters. The van der Waals surface area contributed by atoms with Gasteiger partial charge in [-0.2, -0.15) is 0 Å². The van der Waals surface area contributed by atoms with Gasteiger partial charge in [0, 0.05) is 37.1 Å². The number of nitrogens with zero attached hydrogens (tertiary/aromatic N) is 2. The van der Waals surface area contributed by atoms with Crippen molar-refractivity contribution in [2.45, 2.75) is 25.6 Å². The number of rotatable bonds is 6. The molecule has 1 atom stereocenters. The van der Waals surface area contributed by atoms with Crippen molar-refractivity contribution in [1.82, 2.24) is 9.80 Å². The molecular weight excluding hydrogens is 388 g/mol. The molecule has 0 bridgehead atoms. The highest BCUT2D eigenvalue weighted by atomic mass is 16.5. The zero-order valence-corrected chi connectivity index (χ0v) is 18.9. The SMILES string of the molecule is COc1ccc(CN2CCOc3ccc([C@@](C)(O)CN(C)C)cc3C2)c2ccccc12. The van der Waals surface area contributed by atoms with Gasteiger partial charge in [0.25, 0.3) is 0 Å². The molecule has 164 valence electrons. The van der Waals surface area contributed by atoms with Gasteiger partial charge in [-0.3, -0.25) is 4.90 Å². The van der Waals surface area contributed by atoms with Gasteiger partial charge in [0.2, 0.25) is 0 Å². The predicted molar refractivity (Wildman–Crippen MR) is 125 cm³/mol. The first kappa shape index (κ1) is 21.6. The van der Waals surface area contributed by atoms with E-state index in [-0.39, 0.29) is 0 Å². The maximum Gasteiger partial charge on any atom is 0.126 e. The molecule has 0 aliphatic carbocycles. The highest BCUT2D eigenvalue weighted by Crippen LogP contribution is 2.32. The monoisotopic (exact) mass is 420 g/mol. The van der Waals surface area contributed by atoms with Crippen molar-refractivity contribution in [3.63, 3.8) is 0 Å². The summed E-state index contributed by atoms with van der Waals surface area (Å²) in [6, 6.07) is 18.7. The summed E-state index contributed by atoms with van der Waals surface area (Å²) >= 11 is 0. The Labute approximate surface area is 184 Å². The summed E-state index contributed by atoms with van der Waals surface area (Å²) in [6.45, 7) is 5.53. The van der Waals surface area contributed by atoms with Crippen LogP contribution in [0.5, 0.6) is 11.5 Å². The Morgan fingerprint density at radius 1 is 1.10 bits per heavy atom. The van der Waals surface area contributed by atoms with E-state index in [1.54, 1.807) is 7.11 Å². The van der Waals surface area contributed by atoms with Crippen LogP contribution in [0.4, 0.5) is 0 Å². The molecule has 3 aromatic carbocycles. The van der Waals surface area contributed by atoms with E-state index in [2.05, 4.69) is 41.3 Å². The number of hydrogen-bond donors (Lipinski definition) is 1. The van der Waals surface area contributed by atoms with Crippen molar-refractivity contribution in [1.29, 1.82) is 0 Å². The Hall–Kier alpha value is -2.60. The first-order chi connectivity index (χ1) is 14.9. The van der Waals surface area contributed by atoms with E-state index in [4.69, 9.17) is 9.47 Å². The lowest BCUT2D eigenvalue weighted by Gasteiger charge is -2.28. The molecule has 1 heterocycles. The van der Waals surface area contributed by atoms with Gasteiger partial charge in [-0.15, -0.1) is 0 Å². The van der Waals surface area contributed by atoms with Crippen LogP contribution in [0, 0.1) is 0 Å². The molecule has 1 aliphatic heterocycles. The summed E-state index contributed by atoms with van der Waals surface area (Å²) in [7, 11) is 5.66. The molecule has 1 N–H and O–H groups in total. The lowest BCUT2D eigenvalue weighted by Crippen LogP contribution is -2.34. The topological polar surface area (TPSA) is 45.2 Å². The molecule has 0 fully saturated rings. The van der Waals surface area contributed by atoms with Crippen molar-refractivity contribution < 1.29 is 14.6 Å². The fraction of sp³-hybridized carbons (Fsp3) is 0.385. The summed E-state index contributed by atoms with van der Waals surface area (Å²) in [6.07, 6.45) is 0. The number of likely N-dealkylation sites (N-methyl/N-ethyl adjacent to an activating group) is 1. The molecule has 5 heteroatoms. The van der Waals surface area contributed by atoms with E-state index in [0.29, 0.717) is 13.2 Å². The lowest BCUT2D eigenvalue weighted by atomic mass is 9.93. The maximum atomic E-state index is 11.0. The average molecular weight is 421 g/mol. The van der Waals surface area contributed by atoms with E-state index in [1.165, 1.54) is 10.9 Å². The van der Waals surface area contributed by atoms with E-state index < -0.39 is 5.60 Å². The predicted octanol–water partition coefficient (Wildman–Crippen LogP) is 4.01. The normalized spacial score (nSPS) is 16.5. The van der Waals surface area contributed by atoms with E-state index in [0.717, 1.165) is 47.6 Å². The van der Waals surface area contributed by atoms with Crippen LogP contribution in [0.2, 0.25) is 0 Å². The van der Waals surface area contributed by atoms with Crippen LogP contribution >= 0.6 is 0 Å². The van der Waals surface area contributed by atoms with Crippen LogP contribution in [-0.4, -0.2) is 55.8 Å². The first-order valence-corrected chi connectivity index (χ1v) is 10.8. The van der Waals surface area contributed by atoms with Crippen molar-refractivity contribution in [2.75, 3.05) is 40.9 Å². The highest BCUT2D eigenvalue weighted by molar-refractivity contribution is 5.91. The average Bonchev–Trinajstić information content (AvgIpc) is 2.94. The Balaban J connectivity index is 1.61. The third kappa shape index (κ3) is 4.69. The second-order valence-electron chi connectivity index (χ2n) is 8.87. The molecule has 4 rings (SSSR count). The van der Waals surface area contributed by atoms with Gasteiger partial charge in [-0.25, -0.2) is 0 Å². The molecule has 0 saturated carbocycles. The summed E-state index contributed by atoms with van der Waals surface area (Å²) in [5.41, 5.74) is 2.39. The molecule has 0 saturated heterocycles. The number of ether oxygens (including phenoxy) is 2. The lowest BCUT2D eigenvalue weighted by molar-refractivity contribution is 0.0299. The van der Waals surface area contributed by atoms with Crippen molar-refractivity contribution in [2.24, 2.45) is 0 Å². The number of benzene rings is 3. The van der Waals surface area contributed by atoms with Crippen LogP contribution in [-0.2, 0) is 18.7 Å². The van der Waals surface area contributed by atoms with Gasteiger partial charge in [-0.1, -0.05) is 36.4 Å². The Kier molecular flexibility index (Phi) is 6.19. The Morgan fingerprint density at radius 3 is 2.61 bits per heavy atom. The quantitative estimate of drug-likeness (QED) is 0.653. The van der Waals surface area contributed by atoms with Crippen LogP contribution in [0.15, 0.2) is 54.6 Å². The first-order valence-electron chi connectivity index (χ1n) is 10.8. The Bertz CT molecular complexity index is 1060. The zero-order chi connectivity index (χ0) is 22.0. The number of aliphatic hydroxyl groups is 1. The van der Waals surface area contributed by atoms with Gasteiger partial charge in [0.05, 0.1) is 12.7 Å². The third-order valence-electron chi connectivity index (χ3n) is 5.95. The summed E-state index contributed by atoms with van der Waals surface area (Å²) in [5.74, 6) is 1.81. The minimum Gasteiger partial charge on any atom is -0.496 e. The summed E-state index contributed by atoms with van der Waals surface area (Å²) in [4.78, 5) is 4.41. The van der Waals surface area contributed by atoms with Gasteiger partial charge >= 0.3 is 0 Å². The second kappa shape index (κ2) is 8.87. The van der Waals surface area contributed by atoms with Crippen LogP contribution in [0.25, 0.3) is 10.8 Å². The van der Waals surface area contributed by atoms with Crippen LogP contribution < -0.4 is 9.47 Å². The van der Waals surface area contributed by atoms with Gasteiger partial charge in [0.1, 0.15) is 18.1 Å². The van der Waals surface area contributed by atoms with Gasteiger partial charge in [0.15, 0.2) is 0 Å². The molecule has 0 spiro atoms. The molecule has 0 radical (unpaired) electrons. The molecule has 3 aromatic rings. The fourth-order valence-corrected chi connectivity index (χ4v) is 4.52. The van der Waals surface area contributed by atoms with Gasteiger partial charge in [-0.05, 0) is 55.7 Å². The fourth-order valence-electron chi connectivity index (χ4n) is 4.52. The number of fused-ring (bicyclic) bond motifs is 2. The zero-order valence-electron chi connectivity index (χ0n) is 18.9. The van der Waals surface area contributed by atoms with E-state index in [1.807, 2.05) is 44.1 Å². The third-order valence-corrected chi connectivity index (χ3v) is 5.95. The Morgan fingerprint density at radius 2 is 1.87 bits per heavy atom. The van der Waals surface area contributed by atoms with E-state index in [9.17, 15) is 5.11 Å².